The van der Waals surface area contributed by atoms with Crippen molar-refractivity contribution in [1.29, 1.82) is 0 Å². The standard InChI is InChI=1S/C9H9ClIN/c10-9-2-1-7(11)3-8(9)6-4-12-5-6/h1-3,6,12H,4-5H2. The lowest BCUT2D eigenvalue weighted by Crippen LogP contribution is -2.40. The summed E-state index contributed by atoms with van der Waals surface area (Å²) in [5, 5.41) is 4.15. The molecule has 1 aliphatic rings. The van der Waals surface area contributed by atoms with Gasteiger partial charge in [0, 0.05) is 27.6 Å². The van der Waals surface area contributed by atoms with E-state index < -0.39 is 0 Å². The Kier molecular flexibility index (Phi) is 2.57. The summed E-state index contributed by atoms with van der Waals surface area (Å²) in [5.74, 6) is 0.632. The van der Waals surface area contributed by atoms with Crippen molar-refractivity contribution in [1.82, 2.24) is 5.32 Å². The van der Waals surface area contributed by atoms with Crippen molar-refractivity contribution in [3.63, 3.8) is 0 Å². The summed E-state index contributed by atoms with van der Waals surface area (Å²) in [6, 6.07) is 6.20. The summed E-state index contributed by atoms with van der Waals surface area (Å²) in [4.78, 5) is 0. The second-order valence-electron chi connectivity index (χ2n) is 3.02. The van der Waals surface area contributed by atoms with Gasteiger partial charge >= 0.3 is 0 Å². The molecule has 0 radical (unpaired) electrons. The van der Waals surface area contributed by atoms with Gasteiger partial charge in [0.2, 0.25) is 0 Å². The van der Waals surface area contributed by atoms with E-state index in [0.717, 1.165) is 18.1 Å². The summed E-state index contributed by atoms with van der Waals surface area (Å²) in [7, 11) is 0. The van der Waals surface area contributed by atoms with Crippen LogP contribution in [0, 0.1) is 3.57 Å². The topological polar surface area (TPSA) is 12.0 Å². The third kappa shape index (κ3) is 1.60. The van der Waals surface area contributed by atoms with Crippen LogP contribution in [0.4, 0.5) is 0 Å². The molecular formula is C9H9ClIN. The molecule has 0 unspecified atom stereocenters. The molecule has 0 atom stereocenters. The molecule has 1 aliphatic heterocycles. The SMILES string of the molecule is Clc1ccc(I)cc1C1CNC1. The van der Waals surface area contributed by atoms with Gasteiger partial charge in [0.25, 0.3) is 0 Å². The summed E-state index contributed by atoms with van der Waals surface area (Å²) < 4.78 is 1.26. The average molecular weight is 294 g/mol. The molecule has 64 valence electrons. The smallest absolute Gasteiger partial charge is 0.0442 e. The van der Waals surface area contributed by atoms with Crippen LogP contribution in [0.2, 0.25) is 5.02 Å². The normalized spacial score (nSPS) is 17.5. The molecule has 0 spiro atoms. The van der Waals surface area contributed by atoms with Crippen molar-refractivity contribution in [2.24, 2.45) is 0 Å². The Morgan fingerprint density at radius 2 is 2.17 bits per heavy atom. The van der Waals surface area contributed by atoms with Crippen molar-refractivity contribution < 1.29 is 0 Å². The van der Waals surface area contributed by atoms with Crippen LogP contribution in [0.25, 0.3) is 0 Å². The third-order valence-corrected chi connectivity index (χ3v) is 3.19. The highest BCUT2D eigenvalue weighted by atomic mass is 127. The van der Waals surface area contributed by atoms with E-state index in [-0.39, 0.29) is 0 Å². The predicted octanol–water partition coefficient (Wildman–Crippen LogP) is 2.63. The summed E-state index contributed by atoms with van der Waals surface area (Å²) >= 11 is 8.39. The Morgan fingerprint density at radius 3 is 2.75 bits per heavy atom. The monoisotopic (exact) mass is 293 g/mol. The summed E-state index contributed by atoms with van der Waals surface area (Å²) in [5.41, 5.74) is 1.29. The van der Waals surface area contributed by atoms with Crippen LogP contribution in [-0.2, 0) is 0 Å². The average Bonchev–Trinajstić information content (AvgIpc) is 1.93. The van der Waals surface area contributed by atoms with Gasteiger partial charge in [-0.3, -0.25) is 0 Å². The fourth-order valence-electron chi connectivity index (χ4n) is 1.34. The fraction of sp³-hybridized carbons (Fsp3) is 0.333. The molecule has 1 saturated heterocycles. The molecule has 12 heavy (non-hydrogen) atoms. The van der Waals surface area contributed by atoms with E-state index in [9.17, 15) is 0 Å². The van der Waals surface area contributed by atoms with E-state index in [1.54, 1.807) is 0 Å². The Labute approximate surface area is 90.6 Å². The highest BCUT2D eigenvalue weighted by molar-refractivity contribution is 14.1. The molecule has 1 fully saturated rings. The maximum absolute atomic E-state index is 6.07. The van der Waals surface area contributed by atoms with Gasteiger partial charge in [-0.15, -0.1) is 0 Å². The number of rotatable bonds is 1. The maximum Gasteiger partial charge on any atom is 0.0442 e. The maximum atomic E-state index is 6.07. The zero-order valence-electron chi connectivity index (χ0n) is 6.48. The second kappa shape index (κ2) is 3.52. The van der Waals surface area contributed by atoms with Gasteiger partial charge in [0.05, 0.1) is 0 Å². The van der Waals surface area contributed by atoms with Crippen molar-refractivity contribution >= 4 is 34.2 Å². The van der Waals surface area contributed by atoms with Gasteiger partial charge < -0.3 is 5.32 Å². The van der Waals surface area contributed by atoms with Gasteiger partial charge in [-0.1, -0.05) is 11.6 Å². The van der Waals surface area contributed by atoms with Crippen molar-refractivity contribution in [3.8, 4) is 0 Å². The molecule has 0 amide bonds. The zero-order valence-corrected chi connectivity index (χ0v) is 9.39. The highest BCUT2D eigenvalue weighted by Gasteiger charge is 2.21. The van der Waals surface area contributed by atoms with Gasteiger partial charge in [0.15, 0.2) is 0 Å². The molecule has 1 heterocycles. The van der Waals surface area contributed by atoms with E-state index in [1.807, 2.05) is 12.1 Å². The molecule has 1 N–H and O–H groups in total. The predicted molar refractivity (Wildman–Crippen MR) is 59.8 cm³/mol. The molecule has 0 aliphatic carbocycles. The molecule has 2 rings (SSSR count). The number of hydrogen-bond acceptors (Lipinski definition) is 1. The van der Waals surface area contributed by atoms with E-state index >= 15 is 0 Å². The highest BCUT2D eigenvalue weighted by Crippen LogP contribution is 2.28. The molecule has 3 heteroatoms. The van der Waals surface area contributed by atoms with Crippen LogP contribution in [-0.4, -0.2) is 13.1 Å². The van der Waals surface area contributed by atoms with Crippen molar-refractivity contribution in [3.05, 3.63) is 32.4 Å². The van der Waals surface area contributed by atoms with Crippen LogP contribution in [0.1, 0.15) is 11.5 Å². The first kappa shape index (κ1) is 8.78. The van der Waals surface area contributed by atoms with Crippen molar-refractivity contribution in [2.45, 2.75) is 5.92 Å². The van der Waals surface area contributed by atoms with Crippen LogP contribution in [0.15, 0.2) is 18.2 Å². The Bertz CT molecular complexity index is 297. The lowest BCUT2D eigenvalue weighted by Gasteiger charge is -2.28. The van der Waals surface area contributed by atoms with E-state index in [4.69, 9.17) is 11.6 Å². The Balaban J connectivity index is 2.34. The zero-order chi connectivity index (χ0) is 8.55. The number of benzene rings is 1. The first-order valence-corrected chi connectivity index (χ1v) is 5.38. The quantitative estimate of drug-likeness (QED) is 0.785. The molecule has 0 bridgehead atoms. The number of halogens is 2. The largest absolute Gasteiger partial charge is 0.315 e. The van der Waals surface area contributed by atoms with Gasteiger partial charge in [-0.25, -0.2) is 0 Å². The summed E-state index contributed by atoms with van der Waals surface area (Å²) in [6.45, 7) is 2.14. The Hall–Kier alpha value is 0.200. The number of hydrogen-bond donors (Lipinski definition) is 1. The fourth-order valence-corrected chi connectivity index (χ4v) is 2.12. The molecule has 1 aromatic carbocycles. The Morgan fingerprint density at radius 1 is 1.42 bits per heavy atom. The lowest BCUT2D eigenvalue weighted by molar-refractivity contribution is 0.448. The minimum absolute atomic E-state index is 0.632. The molecule has 0 aromatic heterocycles. The first-order valence-electron chi connectivity index (χ1n) is 3.93. The first-order chi connectivity index (χ1) is 5.77. The van der Waals surface area contributed by atoms with Crippen LogP contribution in [0.5, 0.6) is 0 Å². The van der Waals surface area contributed by atoms with Crippen LogP contribution in [0.3, 0.4) is 0 Å². The van der Waals surface area contributed by atoms with E-state index in [1.165, 1.54) is 9.13 Å². The lowest BCUT2D eigenvalue weighted by atomic mass is 9.94. The van der Waals surface area contributed by atoms with Gasteiger partial charge in [-0.2, -0.15) is 0 Å². The molecular weight excluding hydrogens is 284 g/mol. The van der Waals surface area contributed by atoms with E-state index in [2.05, 4.69) is 34.0 Å². The minimum atomic E-state index is 0.632. The van der Waals surface area contributed by atoms with Crippen LogP contribution >= 0.6 is 34.2 Å². The summed E-state index contributed by atoms with van der Waals surface area (Å²) in [6.07, 6.45) is 0. The second-order valence-corrected chi connectivity index (χ2v) is 4.67. The molecule has 1 aromatic rings. The van der Waals surface area contributed by atoms with E-state index in [0.29, 0.717) is 5.92 Å². The van der Waals surface area contributed by atoms with Gasteiger partial charge in [0.1, 0.15) is 0 Å². The molecule has 0 saturated carbocycles. The third-order valence-electron chi connectivity index (χ3n) is 2.18. The van der Waals surface area contributed by atoms with Gasteiger partial charge in [-0.05, 0) is 46.4 Å². The number of nitrogens with one attached hydrogen (secondary N) is 1. The minimum Gasteiger partial charge on any atom is -0.315 e. The van der Waals surface area contributed by atoms with Crippen molar-refractivity contribution in [2.75, 3.05) is 13.1 Å². The van der Waals surface area contributed by atoms with Crippen LogP contribution < -0.4 is 5.32 Å². The molecule has 1 nitrogen and oxygen atoms in total.